The fraction of sp³-hybridized carbons (Fsp3) is 0.211. The molecule has 2 rings (SSSR count). The lowest BCUT2D eigenvalue weighted by Crippen LogP contribution is -2.06. The molecule has 6 heteroatoms. The molecular formula is C19H18O5S. The van der Waals surface area contributed by atoms with Gasteiger partial charge in [0.25, 0.3) is 0 Å². The topological polar surface area (TPSA) is 69.7 Å². The van der Waals surface area contributed by atoms with Crippen molar-refractivity contribution in [2.45, 2.75) is 12.7 Å². The molecular weight excluding hydrogens is 340 g/mol. The Bertz CT molecular complexity index is 813. The first-order valence-corrected chi connectivity index (χ1v) is 8.48. The third-order valence-corrected chi connectivity index (χ3v) is 4.41. The van der Waals surface area contributed by atoms with E-state index in [0.717, 1.165) is 5.56 Å². The third-order valence-electron chi connectivity index (χ3n) is 3.53. The normalized spacial score (nSPS) is 10.2. The summed E-state index contributed by atoms with van der Waals surface area (Å²) in [5.74, 6) is -0.453. The smallest absolute Gasteiger partial charge is 0.338 e. The summed E-state index contributed by atoms with van der Waals surface area (Å²) < 4.78 is 9.61. The summed E-state index contributed by atoms with van der Waals surface area (Å²) in [6.07, 6.45) is 0. The van der Waals surface area contributed by atoms with Gasteiger partial charge in [0.15, 0.2) is 5.12 Å². The molecule has 5 nitrogen and oxygen atoms in total. The molecule has 0 unspecified atom stereocenters. The van der Waals surface area contributed by atoms with Gasteiger partial charge in [0.05, 0.1) is 25.3 Å². The van der Waals surface area contributed by atoms with Crippen molar-refractivity contribution in [3.63, 3.8) is 0 Å². The average Bonchev–Trinajstić information content (AvgIpc) is 2.64. The number of carbonyl (C=O) groups is 3. The van der Waals surface area contributed by atoms with Gasteiger partial charge in [-0.15, -0.1) is 0 Å². The quantitative estimate of drug-likeness (QED) is 0.759. The van der Waals surface area contributed by atoms with E-state index < -0.39 is 11.9 Å². The van der Waals surface area contributed by atoms with Gasteiger partial charge in [0.2, 0.25) is 0 Å². The molecule has 0 aliphatic rings. The number of benzene rings is 2. The molecule has 0 spiro atoms. The van der Waals surface area contributed by atoms with E-state index in [1.54, 1.807) is 36.4 Å². The summed E-state index contributed by atoms with van der Waals surface area (Å²) in [5.41, 5.74) is 2.97. The molecule has 0 amide bonds. The molecule has 0 saturated heterocycles. The van der Waals surface area contributed by atoms with Crippen LogP contribution in [0.5, 0.6) is 0 Å². The maximum atomic E-state index is 12.2. The van der Waals surface area contributed by atoms with Crippen LogP contribution in [0.15, 0.2) is 42.5 Å². The minimum absolute atomic E-state index is 0.00877. The summed E-state index contributed by atoms with van der Waals surface area (Å²) >= 11 is 1.17. The van der Waals surface area contributed by atoms with Gasteiger partial charge in [-0.3, -0.25) is 4.79 Å². The zero-order chi connectivity index (χ0) is 18.4. The fourth-order valence-corrected chi connectivity index (χ4v) is 2.88. The predicted molar refractivity (Wildman–Crippen MR) is 96.5 cm³/mol. The molecule has 130 valence electrons. The maximum Gasteiger partial charge on any atom is 0.338 e. The van der Waals surface area contributed by atoms with Crippen molar-refractivity contribution < 1.29 is 23.9 Å². The van der Waals surface area contributed by atoms with Crippen LogP contribution in [0.25, 0.3) is 11.1 Å². The van der Waals surface area contributed by atoms with E-state index in [1.165, 1.54) is 32.9 Å². The van der Waals surface area contributed by atoms with Crippen molar-refractivity contribution in [1.29, 1.82) is 0 Å². The van der Waals surface area contributed by atoms with Gasteiger partial charge in [0, 0.05) is 12.7 Å². The van der Waals surface area contributed by atoms with Gasteiger partial charge in [-0.1, -0.05) is 36.0 Å². The van der Waals surface area contributed by atoms with Crippen molar-refractivity contribution >= 4 is 28.8 Å². The van der Waals surface area contributed by atoms with E-state index >= 15 is 0 Å². The second-order valence-electron chi connectivity index (χ2n) is 5.22. The van der Waals surface area contributed by atoms with Gasteiger partial charge in [0.1, 0.15) is 0 Å². The molecule has 0 bridgehead atoms. The summed E-state index contributed by atoms with van der Waals surface area (Å²) in [6.45, 7) is 1.50. The maximum absolute atomic E-state index is 12.2. The van der Waals surface area contributed by atoms with Crippen molar-refractivity contribution in [1.82, 2.24) is 0 Å². The summed E-state index contributed by atoms with van der Waals surface area (Å²) in [6, 6.07) is 12.2. The van der Waals surface area contributed by atoms with Crippen LogP contribution in [-0.2, 0) is 20.0 Å². The second-order valence-corrected chi connectivity index (χ2v) is 6.38. The molecule has 0 saturated carbocycles. The van der Waals surface area contributed by atoms with Crippen molar-refractivity contribution in [2.24, 2.45) is 0 Å². The molecule has 0 aliphatic heterocycles. The molecule has 0 atom stereocenters. The molecule has 25 heavy (non-hydrogen) atoms. The van der Waals surface area contributed by atoms with Crippen LogP contribution in [0.4, 0.5) is 0 Å². The van der Waals surface area contributed by atoms with Crippen LogP contribution in [0, 0.1) is 0 Å². The summed E-state index contributed by atoms with van der Waals surface area (Å²) in [7, 11) is 2.63. The number of esters is 2. The number of ether oxygens (including phenoxy) is 2. The predicted octanol–water partition coefficient (Wildman–Crippen LogP) is 3.71. The third kappa shape index (κ3) is 4.70. The number of methoxy groups -OCH3 is 2. The number of carbonyl (C=O) groups excluding carboxylic acids is 3. The lowest BCUT2D eigenvalue weighted by molar-refractivity contribution is -0.109. The average molecular weight is 358 g/mol. The van der Waals surface area contributed by atoms with E-state index in [2.05, 4.69) is 0 Å². The van der Waals surface area contributed by atoms with Crippen LogP contribution >= 0.6 is 11.8 Å². The Kier molecular flexibility index (Phi) is 6.36. The zero-order valence-electron chi connectivity index (χ0n) is 14.2. The zero-order valence-corrected chi connectivity index (χ0v) is 15.0. The van der Waals surface area contributed by atoms with Gasteiger partial charge >= 0.3 is 11.9 Å². The van der Waals surface area contributed by atoms with Crippen LogP contribution < -0.4 is 0 Å². The van der Waals surface area contributed by atoms with E-state index in [4.69, 9.17) is 9.47 Å². The number of hydrogen-bond acceptors (Lipinski definition) is 6. The molecule has 0 fully saturated rings. The van der Waals surface area contributed by atoms with E-state index in [0.29, 0.717) is 28.0 Å². The SMILES string of the molecule is COC(=O)c1cccc(-c2ccc(CSC(C)=O)cc2C(=O)OC)c1. The molecule has 2 aromatic carbocycles. The monoisotopic (exact) mass is 358 g/mol. The first-order chi connectivity index (χ1) is 12.0. The first-order valence-electron chi connectivity index (χ1n) is 7.49. The lowest BCUT2D eigenvalue weighted by Gasteiger charge is -2.11. The summed E-state index contributed by atoms with van der Waals surface area (Å²) in [5, 5.41) is 0.00877. The highest BCUT2D eigenvalue weighted by Gasteiger charge is 2.16. The van der Waals surface area contributed by atoms with Crippen molar-refractivity contribution in [2.75, 3.05) is 14.2 Å². The molecule has 0 heterocycles. The van der Waals surface area contributed by atoms with Crippen molar-refractivity contribution in [3.8, 4) is 11.1 Å². The highest BCUT2D eigenvalue weighted by Crippen LogP contribution is 2.28. The molecule has 0 radical (unpaired) electrons. The van der Waals surface area contributed by atoms with Gasteiger partial charge in [-0.2, -0.15) is 0 Å². The standard InChI is InChI=1S/C19H18O5S/c1-12(20)25-11-13-7-8-16(17(9-13)19(22)24-3)14-5-4-6-15(10-14)18(21)23-2/h4-10H,11H2,1-3H3. The highest BCUT2D eigenvalue weighted by atomic mass is 32.2. The van der Waals surface area contributed by atoms with Gasteiger partial charge in [-0.25, -0.2) is 9.59 Å². The Balaban J connectivity index is 2.47. The largest absolute Gasteiger partial charge is 0.465 e. The second kappa shape index (κ2) is 8.48. The Morgan fingerprint density at radius 1 is 0.960 bits per heavy atom. The minimum atomic E-state index is -0.479. The summed E-state index contributed by atoms with van der Waals surface area (Å²) in [4.78, 5) is 35.0. The first kappa shape index (κ1) is 18.7. The Hall–Kier alpha value is -2.60. The van der Waals surface area contributed by atoms with Gasteiger partial charge < -0.3 is 9.47 Å². The van der Waals surface area contributed by atoms with E-state index in [9.17, 15) is 14.4 Å². The number of rotatable bonds is 5. The fourth-order valence-electron chi connectivity index (χ4n) is 2.33. The lowest BCUT2D eigenvalue weighted by atomic mass is 9.96. The molecule has 0 N–H and O–H groups in total. The molecule has 0 aliphatic carbocycles. The number of hydrogen-bond donors (Lipinski definition) is 0. The molecule has 2 aromatic rings. The Morgan fingerprint density at radius 2 is 1.68 bits per heavy atom. The minimum Gasteiger partial charge on any atom is -0.465 e. The van der Waals surface area contributed by atoms with Crippen molar-refractivity contribution in [3.05, 3.63) is 59.2 Å². The van der Waals surface area contributed by atoms with Gasteiger partial charge in [-0.05, 0) is 34.9 Å². The molecule has 0 aromatic heterocycles. The van der Waals surface area contributed by atoms with E-state index in [-0.39, 0.29) is 5.12 Å². The van der Waals surface area contributed by atoms with Crippen LogP contribution in [0.1, 0.15) is 33.2 Å². The van der Waals surface area contributed by atoms with E-state index in [1.807, 2.05) is 6.07 Å². The van der Waals surface area contributed by atoms with Crippen LogP contribution in [0.2, 0.25) is 0 Å². The highest BCUT2D eigenvalue weighted by molar-refractivity contribution is 8.12. The number of thioether (sulfide) groups is 1. The van der Waals surface area contributed by atoms with Crippen LogP contribution in [-0.4, -0.2) is 31.3 Å². The Labute approximate surface area is 150 Å². The van der Waals surface area contributed by atoms with Crippen LogP contribution in [0.3, 0.4) is 0 Å². The Morgan fingerprint density at radius 3 is 2.32 bits per heavy atom.